The second-order valence-electron chi connectivity index (χ2n) is 7.27. The van der Waals surface area contributed by atoms with Gasteiger partial charge in [-0.2, -0.15) is 0 Å². The SMILES string of the molecule is COc1ccc(C#Cc2cn(C3OC(CO)[C@@H](O)C3(C)O)c3ncnc(N)c23)cc1. The van der Waals surface area contributed by atoms with Crippen LogP contribution in [0.3, 0.4) is 0 Å². The molecular formula is C21H22N4O5. The first-order chi connectivity index (χ1) is 14.4. The molecule has 1 aliphatic rings. The molecule has 1 aliphatic heterocycles. The highest BCUT2D eigenvalue weighted by atomic mass is 16.6. The number of rotatable bonds is 3. The average Bonchev–Trinajstić information content (AvgIpc) is 3.22. The minimum atomic E-state index is -1.67. The molecule has 1 saturated heterocycles. The fourth-order valence-corrected chi connectivity index (χ4v) is 3.59. The Balaban J connectivity index is 1.81. The van der Waals surface area contributed by atoms with Gasteiger partial charge >= 0.3 is 0 Å². The number of methoxy groups -OCH3 is 1. The second kappa shape index (κ2) is 7.59. The number of aliphatic hydroxyl groups is 3. The van der Waals surface area contributed by atoms with Gasteiger partial charge in [0, 0.05) is 11.8 Å². The highest BCUT2D eigenvalue weighted by Crippen LogP contribution is 2.40. The van der Waals surface area contributed by atoms with Crippen LogP contribution < -0.4 is 10.5 Å². The van der Waals surface area contributed by atoms with E-state index >= 15 is 0 Å². The monoisotopic (exact) mass is 410 g/mol. The van der Waals surface area contributed by atoms with E-state index in [1.165, 1.54) is 13.3 Å². The number of ether oxygens (including phenoxy) is 2. The van der Waals surface area contributed by atoms with Crippen molar-refractivity contribution in [3.63, 3.8) is 0 Å². The Bertz CT molecular complexity index is 1130. The maximum Gasteiger partial charge on any atom is 0.167 e. The summed E-state index contributed by atoms with van der Waals surface area (Å²) in [6.07, 6.45) is -0.262. The number of aromatic nitrogens is 3. The van der Waals surface area contributed by atoms with Crippen molar-refractivity contribution in [3.05, 3.63) is 47.9 Å². The summed E-state index contributed by atoms with van der Waals surface area (Å²) >= 11 is 0. The van der Waals surface area contributed by atoms with Crippen molar-refractivity contribution in [2.75, 3.05) is 19.5 Å². The zero-order valence-corrected chi connectivity index (χ0v) is 16.5. The number of anilines is 1. The number of nitrogens with zero attached hydrogens (tertiary/aromatic N) is 3. The van der Waals surface area contributed by atoms with Gasteiger partial charge in [-0.1, -0.05) is 11.8 Å². The molecule has 0 aliphatic carbocycles. The molecule has 0 amide bonds. The minimum Gasteiger partial charge on any atom is -0.497 e. The minimum absolute atomic E-state index is 0.231. The molecule has 1 aromatic carbocycles. The quantitative estimate of drug-likeness (QED) is 0.456. The zero-order chi connectivity index (χ0) is 21.5. The number of nitrogens with two attached hydrogens (primary N) is 1. The molecule has 4 rings (SSSR count). The van der Waals surface area contributed by atoms with E-state index in [2.05, 4.69) is 21.8 Å². The number of hydrogen-bond acceptors (Lipinski definition) is 8. The summed E-state index contributed by atoms with van der Waals surface area (Å²) in [5, 5.41) is 31.2. The van der Waals surface area contributed by atoms with E-state index < -0.39 is 30.6 Å². The molecule has 3 unspecified atom stereocenters. The van der Waals surface area contributed by atoms with E-state index in [-0.39, 0.29) is 5.82 Å². The van der Waals surface area contributed by atoms with Crippen LogP contribution in [-0.2, 0) is 4.74 Å². The Morgan fingerprint density at radius 3 is 2.63 bits per heavy atom. The number of hydrogen-bond donors (Lipinski definition) is 4. The van der Waals surface area contributed by atoms with Crippen molar-refractivity contribution in [3.8, 4) is 17.6 Å². The molecule has 1 fully saturated rings. The molecule has 5 N–H and O–H groups in total. The third-order valence-corrected chi connectivity index (χ3v) is 5.26. The molecule has 0 bridgehead atoms. The Morgan fingerprint density at radius 1 is 1.27 bits per heavy atom. The lowest BCUT2D eigenvalue weighted by Crippen LogP contribution is -2.44. The molecule has 9 nitrogen and oxygen atoms in total. The van der Waals surface area contributed by atoms with Gasteiger partial charge in [0.15, 0.2) is 6.23 Å². The maximum atomic E-state index is 10.8. The van der Waals surface area contributed by atoms with Crippen LogP contribution in [0.5, 0.6) is 5.75 Å². The van der Waals surface area contributed by atoms with Crippen LogP contribution >= 0.6 is 0 Å². The normalized spacial score (nSPS) is 25.8. The van der Waals surface area contributed by atoms with Crippen molar-refractivity contribution in [2.45, 2.75) is 31.0 Å². The number of nitrogen functional groups attached to an aromatic ring is 1. The molecule has 2 aromatic heterocycles. The summed E-state index contributed by atoms with van der Waals surface area (Å²) in [6.45, 7) is 1.01. The summed E-state index contributed by atoms with van der Waals surface area (Å²) in [7, 11) is 1.59. The fraction of sp³-hybridized carbons (Fsp3) is 0.333. The Labute approximate surface area is 172 Å². The van der Waals surface area contributed by atoms with Gasteiger partial charge in [-0.05, 0) is 31.2 Å². The lowest BCUT2D eigenvalue weighted by Gasteiger charge is -2.27. The van der Waals surface area contributed by atoms with Crippen LogP contribution in [0.4, 0.5) is 5.82 Å². The van der Waals surface area contributed by atoms with Crippen molar-refractivity contribution < 1.29 is 24.8 Å². The van der Waals surface area contributed by atoms with Crippen LogP contribution in [-0.4, -0.2) is 61.4 Å². The molecule has 9 heteroatoms. The number of aliphatic hydroxyl groups excluding tert-OH is 2. The predicted molar refractivity (Wildman–Crippen MR) is 109 cm³/mol. The molecule has 0 saturated carbocycles. The summed E-state index contributed by atoms with van der Waals surface area (Å²) in [6, 6.07) is 7.28. The van der Waals surface area contributed by atoms with E-state index in [0.717, 1.165) is 11.3 Å². The van der Waals surface area contributed by atoms with Gasteiger partial charge in [0.25, 0.3) is 0 Å². The molecule has 0 radical (unpaired) electrons. The summed E-state index contributed by atoms with van der Waals surface area (Å²) < 4.78 is 12.4. The molecule has 3 heterocycles. The summed E-state index contributed by atoms with van der Waals surface area (Å²) in [4.78, 5) is 8.32. The van der Waals surface area contributed by atoms with Gasteiger partial charge in [0.05, 0.1) is 24.7 Å². The Kier molecular flexibility index (Phi) is 5.09. The van der Waals surface area contributed by atoms with E-state index in [9.17, 15) is 15.3 Å². The molecule has 156 valence electrons. The van der Waals surface area contributed by atoms with Gasteiger partial charge in [-0.15, -0.1) is 0 Å². The Hall–Kier alpha value is -3.16. The highest BCUT2D eigenvalue weighted by Gasteiger charge is 2.53. The van der Waals surface area contributed by atoms with Crippen molar-refractivity contribution in [2.24, 2.45) is 0 Å². The smallest absolute Gasteiger partial charge is 0.167 e. The molecule has 3 aromatic rings. The highest BCUT2D eigenvalue weighted by molar-refractivity contribution is 5.92. The standard InChI is InChI=1S/C21H22N4O5/c1-21(28)17(27)15(10-26)30-20(21)25-9-13(16-18(22)23-11-24-19(16)25)6-3-12-4-7-14(29-2)8-5-12/h4-5,7-9,11,15,17,20,26-28H,10H2,1-2H3,(H2,22,23,24)/t15?,17-,20?,21?/m1/s1. The average molecular weight is 410 g/mol. The third kappa shape index (κ3) is 3.26. The van der Waals surface area contributed by atoms with Crippen molar-refractivity contribution in [1.82, 2.24) is 14.5 Å². The van der Waals surface area contributed by atoms with E-state index in [1.54, 1.807) is 17.9 Å². The lowest BCUT2D eigenvalue weighted by molar-refractivity contribution is -0.0948. The first kappa shape index (κ1) is 20.1. The summed E-state index contributed by atoms with van der Waals surface area (Å²) in [5.74, 6) is 7.09. The van der Waals surface area contributed by atoms with E-state index in [0.29, 0.717) is 16.6 Å². The fourth-order valence-electron chi connectivity index (χ4n) is 3.59. The first-order valence-corrected chi connectivity index (χ1v) is 9.30. The summed E-state index contributed by atoms with van der Waals surface area (Å²) in [5.41, 5.74) is 6.13. The molecule has 4 atom stereocenters. The van der Waals surface area contributed by atoms with Crippen LogP contribution in [0.2, 0.25) is 0 Å². The zero-order valence-electron chi connectivity index (χ0n) is 16.5. The maximum absolute atomic E-state index is 10.8. The van der Waals surface area contributed by atoms with Crippen LogP contribution in [0.15, 0.2) is 36.8 Å². The lowest BCUT2D eigenvalue weighted by atomic mass is 9.96. The van der Waals surface area contributed by atoms with Crippen LogP contribution in [0.25, 0.3) is 11.0 Å². The van der Waals surface area contributed by atoms with Crippen molar-refractivity contribution in [1.29, 1.82) is 0 Å². The van der Waals surface area contributed by atoms with E-state index in [1.807, 2.05) is 24.3 Å². The number of fused-ring (bicyclic) bond motifs is 1. The second-order valence-corrected chi connectivity index (χ2v) is 7.27. The van der Waals surface area contributed by atoms with Gasteiger partial charge in [0.1, 0.15) is 41.4 Å². The van der Waals surface area contributed by atoms with Gasteiger partial charge in [-0.25, -0.2) is 9.97 Å². The van der Waals surface area contributed by atoms with Gasteiger partial charge < -0.3 is 35.1 Å². The number of benzene rings is 1. The molecular weight excluding hydrogens is 388 g/mol. The third-order valence-electron chi connectivity index (χ3n) is 5.26. The van der Waals surface area contributed by atoms with Crippen LogP contribution in [0.1, 0.15) is 24.3 Å². The van der Waals surface area contributed by atoms with Crippen LogP contribution in [0, 0.1) is 11.8 Å². The van der Waals surface area contributed by atoms with Gasteiger partial charge in [-0.3, -0.25) is 0 Å². The first-order valence-electron chi connectivity index (χ1n) is 9.30. The van der Waals surface area contributed by atoms with Gasteiger partial charge in [0.2, 0.25) is 0 Å². The largest absolute Gasteiger partial charge is 0.497 e. The molecule has 30 heavy (non-hydrogen) atoms. The topological polar surface area (TPSA) is 136 Å². The van der Waals surface area contributed by atoms with Crippen molar-refractivity contribution >= 4 is 16.9 Å². The van der Waals surface area contributed by atoms with E-state index in [4.69, 9.17) is 15.2 Å². The molecule has 0 spiro atoms. The predicted octanol–water partition coefficient (Wildman–Crippen LogP) is 0.423. The Morgan fingerprint density at radius 2 is 2.00 bits per heavy atom.